The molecule has 1 aromatic heterocycles. The quantitative estimate of drug-likeness (QED) is 0.755. The van der Waals surface area contributed by atoms with Gasteiger partial charge in [0.2, 0.25) is 5.88 Å². The van der Waals surface area contributed by atoms with Crippen LogP contribution in [0.4, 0.5) is 4.39 Å². The highest BCUT2D eigenvalue weighted by Gasteiger charge is 2.19. The van der Waals surface area contributed by atoms with Gasteiger partial charge < -0.3 is 9.47 Å². The SMILES string of the molecule is O=C(NO[C@@H]1CCCCO1)c1cccnc1Oc1ccc(F)cc1Br. The molecule has 25 heavy (non-hydrogen) atoms. The molecule has 0 radical (unpaired) electrons. The molecular weight excluding hydrogens is 395 g/mol. The monoisotopic (exact) mass is 410 g/mol. The average Bonchev–Trinajstić information content (AvgIpc) is 2.63. The molecule has 1 aliphatic rings. The minimum Gasteiger partial charge on any atom is -0.437 e. The Bertz CT molecular complexity index is 753. The molecule has 0 spiro atoms. The van der Waals surface area contributed by atoms with Crippen LogP contribution in [-0.4, -0.2) is 23.8 Å². The van der Waals surface area contributed by atoms with Crippen LogP contribution in [0, 0.1) is 5.82 Å². The Kier molecular flexibility index (Phi) is 5.95. The fourth-order valence-electron chi connectivity index (χ4n) is 2.29. The van der Waals surface area contributed by atoms with Gasteiger partial charge in [-0.3, -0.25) is 4.79 Å². The lowest BCUT2D eigenvalue weighted by Gasteiger charge is -2.22. The second-order valence-electron chi connectivity index (χ2n) is 5.38. The number of hydroxylamine groups is 1. The molecule has 8 heteroatoms. The molecule has 0 bridgehead atoms. The van der Waals surface area contributed by atoms with Crippen molar-refractivity contribution in [2.75, 3.05) is 6.61 Å². The number of carbonyl (C=O) groups excluding carboxylic acids is 1. The molecule has 132 valence electrons. The molecule has 3 rings (SSSR count). The maximum absolute atomic E-state index is 13.2. The molecule has 1 aliphatic heterocycles. The molecule has 2 heterocycles. The molecule has 1 N–H and O–H groups in total. The Hall–Kier alpha value is -2.03. The fourth-order valence-corrected chi connectivity index (χ4v) is 2.72. The largest absolute Gasteiger partial charge is 0.437 e. The number of amides is 1. The molecular formula is C17H16BrFN2O4. The van der Waals surface area contributed by atoms with Gasteiger partial charge in [0.1, 0.15) is 17.1 Å². The van der Waals surface area contributed by atoms with Gasteiger partial charge in [0.25, 0.3) is 5.91 Å². The number of nitrogens with one attached hydrogen (secondary N) is 1. The first-order valence-electron chi connectivity index (χ1n) is 7.79. The van der Waals surface area contributed by atoms with E-state index in [0.29, 0.717) is 16.8 Å². The third-order valence-corrected chi connectivity index (χ3v) is 4.16. The third-order valence-electron chi connectivity index (χ3n) is 3.54. The predicted molar refractivity (Wildman–Crippen MR) is 90.6 cm³/mol. The molecule has 6 nitrogen and oxygen atoms in total. The van der Waals surface area contributed by atoms with E-state index in [0.717, 1.165) is 19.3 Å². The zero-order valence-corrected chi connectivity index (χ0v) is 14.8. The van der Waals surface area contributed by atoms with E-state index in [1.54, 1.807) is 12.1 Å². The van der Waals surface area contributed by atoms with Crippen LogP contribution < -0.4 is 10.2 Å². The molecule has 0 saturated carbocycles. The lowest BCUT2D eigenvalue weighted by molar-refractivity contribution is -0.186. The van der Waals surface area contributed by atoms with Crippen LogP contribution in [-0.2, 0) is 9.57 Å². The third kappa shape index (κ3) is 4.75. The first-order valence-corrected chi connectivity index (χ1v) is 8.58. The van der Waals surface area contributed by atoms with E-state index in [1.807, 2.05) is 0 Å². The summed E-state index contributed by atoms with van der Waals surface area (Å²) in [6, 6.07) is 7.13. The Morgan fingerprint density at radius 1 is 1.36 bits per heavy atom. The number of hydrogen-bond donors (Lipinski definition) is 1. The number of benzene rings is 1. The summed E-state index contributed by atoms with van der Waals surface area (Å²) in [5.41, 5.74) is 2.55. The van der Waals surface area contributed by atoms with Gasteiger partial charge in [-0.15, -0.1) is 0 Å². The number of nitrogens with zero attached hydrogens (tertiary/aromatic N) is 1. The molecule has 1 saturated heterocycles. The molecule has 1 fully saturated rings. The normalized spacial score (nSPS) is 17.1. The predicted octanol–water partition coefficient (Wildman–Crippen LogP) is 3.96. The lowest BCUT2D eigenvalue weighted by Crippen LogP contribution is -2.33. The van der Waals surface area contributed by atoms with Gasteiger partial charge in [0.15, 0.2) is 6.29 Å². The molecule has 1 atom stereocenters. The van der Waals surface area contributed by atoms with E-state index in [2.05, 4.69) is 26.4 Å². The zero-order chi connectivity index (χ0) is 17.6. The van der Waals surface area contributed by atoms with Crippen LogP contribution in [0.15, 0.2) is 41.0 Å². The summed E-state index contributed by atoms with van der Waals surface area (Å²) in [5.74, 6) is -0.485. The highest BCUT2D eigenvalue weighted by Crippen LogP contribution is 2.30. The molecule has 1 amide bonds. The Morgan fingerprint density at radius 3 is 3.00 bits per heavy atom. The lowest BCUT2D eigenvalue weighted by atomic mass is 10.2. The minimum atomic E-state index is -0.504. The Morgan fingerprint density at radius 2 is 2.24 bits per heavy atom. The van der Waals surface area contributed by atoms with Gasteiger partial charge in [-0.25, -0.2) is 19.7 Å². The van der Waals surface area contributed by atoms with Crippen molar-refractivity contribution in [2.24, 2.45) is 0 Å². The van der Waals surface area contributed by atoms with Crippen molar-refractivity contribution in [3.05, 3.63) is 52.4 Å². The van der Waals surface area contributed by atoms with E-state index in [1.165, 1.54) is 24.4 Å². The zero-order valence-electron chi connectivity index (χ0n) is 13.2. The topological polar surface area (TPSA) is 69.7 Å². The average molecular weight is 411 g/mol. The Labute approximate surface area is 152 Å². The molecule has 0 aliphatic carbocycles. The summed E-state index contributed by atoms with van der Waals surface area (Å²) < 4.78 is 24.6. The van der Waals surface area contributed by atoms with Crippen molar-refractivity contribution >= 4 is 21.8 Å². The highest BCUT2D eigenvalue weighted by molar-refractivity contribution is 9.10. The maximum atomic E-state index is 13.2. The number of ether oxygens (including phenoxy) is 2. The van der Waals surface area contributed by atoms with Crippen molar-refractivity contribution in [1.82, 2.24) is 10.5 Å². The van der Waals surface area contributed by atoms with Gasteiger partial charge in [-0.1, -0.05) is 0 Å². The number of carbonyl (C=O) groups is 1. The summed E-state index contributed by atoms with van der Waals surface area (Å²) in [5, 5.41) is 0. The molecule has 2 aromatic rings. The van der Waals surface area contributed by atoms with Crippen LogP contribution in [0.1, 0.15) is 29.6 Å². The van der Waals surface area contributed by atoms with Gasteiger partial charge >= 0.3 is 0 Å². The van der Waals surface area contributed by atoms with Crippen molar-refractivity contribution in [3.8, 4) is 11.6 Å². The van der Waals surface area contributed by atoms with Gasteiger partial charge in [-0.2, -0.15) is 0 Å². The van der Waals surface area contributed by atoms with E-state index in [9.17, 15) is 9.18 Å². The second-order valence-corrected chi connectivity index (χ2v) is 6.23. The van der Waals surface area contributed by atoms with Gasteiger partial charge in [0.05, 0.1) is 4.47 Å². The number of hydrogen-bond acceptors (Lipinski definition) is 5. The van der Waals surface area contributed by atoms with E-state index >= 15 is 0 Å². The number of halogens is 2. The fraction of sp³-hybridized carbons (Fsp3) is 0.294. The van der Waals surface area contributed by atoms with E-state index in [-0.39, 0.29) is 11.4 Å². The summed E-state index contributed by atoms with van der Waals surface area (Å²) in [6.45, 7) is 0.611. The van der Waals surface area contributed by atoms with Crippen molar-refractivity contribution < 1.29 is 23.5 Å². The van der Waals surface area contributed by atoms with Crippen LogP contribution >= 0.6 is 15.9 Å². The first kappa shape index (κ1) is 17.8. The highest BCUT2D eigenvalue weighted by atomic mass is 79.9. The standard InChI is InChI=1S/C17H16BrFN2O4/c18-13-10-11(19)6-7-14(13)24-17-12(4-3-8-20-17)16(22)21-25-15-5-1-2-9-23-15/h3-4,6-8,10,15H,1-2,5,9H2,(H,21,22)/t15-/m1/s1. The van der Waals surface area contributed by atoms with E-state index < -0.39 is 18.0 Å². The van der Waals surface area contributed by atoms with Crippen molar-refractivity contribution in [3.63, 3.8) is 0 Å². The number of rotatable bonds is 5. The Balaban J connectivity index is 1.70. The molecule has 1 aromatic carbocycles. The van der Waals surface area contributed by atoms with Crippen molar-refractivity contribution in [2.45, 2.75) is 25.6 Å². The summed E-state index contributed by atoms with van der Waals surface area (Å²) in [4.78, 5) is 21.7. The van der Waals surface area contributed by atoms with Gasteiger partial charge in [-0.05, 0) is 59.1 Å². The van der Waals surface area contributed by atoms with Crippen LogP contribution in [0.3, 0.4) is 0 Å². The molecule has 0 unspecified atom stereocenters. The number of aromatic nitrogens is 1. The second kappa shape index (κ2) is 8.37. The maximum Gasteiger partial charge on any atom is 0.280 e. The summed E-state index contributed by atoms with van der Waals surface area (Å²) >= 11 is 3.21. The van der Waals surface area contributed by atoms with Crippen LogP contribution in [0.25, 0.3) is 0 Å². The summed E-state index contributed by atoms with van der Waals surface area (Å²) in [6.07, 6.45) is 3.74. The van der Waals surface area contributed by atoms with Crippen LogP contribution in [0.5, 0.6) is 11.6 Å². The first-order chi connectivity index (χ1) is 12.1. The smallest absolute Gasteiger partial charge is 0.280 e. The van der Waals surface area contributed by atoms with Crippen molar-refractivity contribution in [1.29, 1.82) is 0 Å². The minimum absolute atomic E-state index is 0.0838. The van der Waals surface area contributed by atoms with Crippen LogP contribution in [0.2, 0.25) is 0 Å². The van der Waals surface area contributed by atoms with E-state index in [4.69, 9.17) is 14.3 Å². The van der Waals surface area contributed by atoms with Gasteiger partial charge in [0, 0.05) is 19.2 Å². The number of pyridine rings is 1. The summed E-state index contributed by atoms with van der Waals surface area (Å²) in [7, 11) is 0.